The summed E-state index contributed by atoms with van der Waals surface area (Å²) in [4.78, 5) is -0.135. The van der Waals surface area contributed by atoms with Gasteiger partial charge in [0.1, 0.15) is 5.82 Å². The number of aliphatic hydroxyl groups is 1. The fraction of sp³-hybridized carbons (Fsp3) is 0.538. The Morgan fingerprint density at radius 1 is 1.45 bits per heavy atom. The Morgan fingerprint density at radius 3 is 2.55 bits per heavy atom. The van der Waals surface area contributed by atoms with Crippen molar-refractivity contribution in [2.45, 2.75) is 37.7 Å². The SMILES string of the molecule is CC(C)CC(C)(O)CNS(=O)(=O)c1ccc(F)c(Cl)c1. The van der Waals surface area contributed by atoms with Crippen molar-refractivity contribution in [2.75, 3.05) is 6.54 Å². The first-order valence-electron chi connectivity index (χ1n) is 6.20. The lowest BCUT2D eigenvalue weighted by molar-refractivity contribution is 0.0437. The molecule has 0 aromatic heterocycles. The monoisotopic (exact) mass is 323 g/mol. The van der Waals surface area contributed by atoms with Crippen LogP contribution in [-0.4, -0.2) is 25.7 Å². The van der Waals surface area contributed by atoms with E-state index >= 15 is 0 Å². The average molecular weight is 324 g/mol. The molecule has 0 spiro atoms. The van der Waals surface area contributed by atoms with Crippen LogP contribution in [0.5, 0.6) is 0 Å². The Morgan fingerprint density at radius 2 is 2.05 bits per heavy atom. The molecule has 1 aromatic rings. The van der Waals surface area contributed by atoms with Crippen LogP contribution < -0.4 is 4.72 Å². The molecule has 1 atom stereocenters. The van der Waals surface area contributed by atoms with E-state index in [4.69, 9.17) is 11.6 Å². The molecular formula is C13H19ClFNO3S. The first-order valence-corrected chi connectivity index (χ1v) is 8.07. The standard InChI is InChI=1S/C13H19ClFNO3S/c1-9(2)7-13(3,17)8-16-20(18,19)10-4-5-12(15)11(14)6-10/h4-6,9,16-17H,7-8H2,1-3H3. The molecule has 2 N–H and O–H groups in total. The summed E-state index contributed by atoms with van der Waals surface area (Å²) in [6.07, 6.45) is 0.458. The van der Waals surface area contributed by atoms with Crippen LogP contribution in [0.2, 0.25) is 5.02 Å². The van der Waals surface area contributed by atoms with Crippen LogP contribution in [0.25, 0.3) is 0 Å². The number of hydrogen-bond acceptors (Lipinski definition) is 3. The lowest BCUT2D eigenvalue weighted by Gasteiger charge is -2.25. The van der Waals surface area contributed by atoms with E-state index in [-0.39, 0.29) is 22.4 Å². The molecule has 1 unspecified atom stereocenters. The van der Waals surface area contributed by atoms with E-state index < -0.39 is 21.4 Å². The van der Waals surface area contributed by atoms with Gasteiger partial charge in [0.25, 0.3) is 0 Å². The number of sulfonamides is 1. The van der Waals surface area contributed by atoms with E-state index in [1.807, 2.05) is 13.8 Å². The number of hydrogen-bond donors (Lipinski definition) is 2. The van der Waals surface area contributed by atoms with Crippen molar-refractivity contribution >= 4 is 21.6 Å². The Kier molecular flexibility index (Phi) is 5.54. The summed E-state index contributed by atoms with van der Waals surface area (Å²) in [5.41, 5.74) is -1.15. The number of rotatable bonds is 6. The molecule has 0 saturated heterocycles. The highest BCUT2D eigenvalue weighted by Gasteiger charge is 2.25. The highest BCUT2D eigenvalue weighted by atomic mass is 35.5. The van der Waals surface area contributed by atoms with Crippen LogP contribution in [0.1, 0.15) is 27.2 Å². The minimum absolute atomic E-state index is 0.123. The molecule has 0 radical (unpaired) electrons. The maximum atomic E-state index is 13.0. The van der Waals surface area contributed by atoms with Gasteiger partial charge in [-0.15, -0.1) is 0 Å². The van der Waals surface area contributed by atoms with Gasteiger partial charge in [-0.3, -0.25) is 0 Å². The summed E-state index contributed by atoms with van der Waals surface area (Å²) in [7, 11) is -3.83. The molecule has 20 heavy (non-hydrogen) atoms. The summed E-state index contributed by atoms with van der Waals surface area (Å²) in [5.74, 6) is -0.452. The third-order valence-corrected chi connectivity index (χ3v) is 4.38. The van der Waals surface area contributed by atoms with E-state index in [1.54, 1.807) is 6.92 Å². The third-order valence-electron chi connectivity index (χ3n) is 2.69. The van der Waals surface area contributed by atoms with E-state index in [0.29, 0.717) is 6.42 Å². The smallest absolute Gasteiger partial charge is 0.240 e. The van der Waals surface area contributed by atoms with Crippen LogP contribution in [0.3, 0.4) is 0 Å². The van der Waals surface area contributed by atoms with Crippen molar-refractivity contribution in [1.29, 1.82) is 0 Å². The Hall–Kier alpha value is -0.690. The molecule has 0 aliphatic rings. The molecule has 0 aliphatic carbocycles. The predicted octanol–water partition coefficient (Wildman–Crippen LogP) is 2.55. The average Bonchev–Trinajstić information content (AvgIpc) is 2.29. The van der Waals surface area contributed by atoms with Gasteiger partial charge in [0.05, 0.1) is 15.5 Å². The Labute approximate surface area is 124 Å². The molecular weight excluding hydrogens is 305 g/mol. The van der Waals surface area contributed by atoms with Gasteiger partial charge in [0, 0.05) is 6.54 Å². The highest BCUT2D eigenvalue weighted by Crippen LogP contribution is 2.20. The molecule has 114 valence electrons. The van der Waals surface area contributed by atoms with Gasteiger partial charge in [-0.2, -0.15) is 0 Å². The quantitative estimate of drug-likeness (QED) is 0.845. The van der Waals surface area contributed by atoms with Crippen LogP contribution in [0.4, 0.5) is 4.39 Å². The molecule has 7 heteroatoms. The van der Waals surface area contributed by atoms with Gasteiger partial charge in [0.15, 0.2) is 0 Å². The molecule has 4 nitrogen and oxygen atoms in total. The summed E-state index contributed by atoms with van der Waals surface area (Å²) < 4.78 is 39.4. The molecule has 0 saturated carbocycles. The predicted molar refractivity (Wildman–Crippen MR) is 76.7 cm³/mol. The molecule has 1 rings (SSSR count). The second-order valence-corrected chi connectivity index (χ2v) is 7.67. The van der Waals surface area contributed by atoms with Gasteiger partial charge in [-0.1, -0.05) is 25.4 Å². The Bertz CT molecular complexity index is 573. The Balaban J connectivity index is 2.82. The van der Waals surface area contributed by atoms with Crippen molar-refractivity contribution < 1.29 is 17.9 Å². The van der Waals surface area contributed by atoms with Gasteiger partial charge >= 0.3 is 0 Å². The van der Waals surface area contributed by atoms with Crippen molar-refractivity contribution in [3.63, 3.8) is 0 Å². The zero-order valence-electron chi connectivity index (χ0n) is 11.7. The topological polar surface area (TPSA) is 66.4 Å². The minimum Gasteiger partial charge on any atom is -0.389 e. The summed E-state index contributed by atoms with van der Waals surface area (Å²) in [5, 5.41) is 9.82. The van der Waals surface area contributed by atoms with E-state index in [0.717, 1.165) is 18.2 Å². The lowest BCUT2D eigenvalue weighted by Crippen LogP contribution is -2.41. The zero-order chi connectivity index (χ0) is 15.6. The highest BCUT2D eigenvalue weighted by molar-refractivity contribution is 7.89. The van der Waals surface area contributed by atoms with Crippen LogP contribution in [0, 0.1) is 11.7 Å². The van der Waals surface area contributed by atoms with E-state index in [1.165, 1.54) is 0 Å². The van der Waals surface area contributed by atoms with Gasteiger partial charge in [-0.25, -0.2) is 17.5 Å². The summed E-state index contributed by atoms with van der Waals surface area (Å²) in [6, 6.07) is 3.15. The maximum Gasteiger partial charge on any atom is 0.240 e. The molecule has 0 aliphatic heterocycles. The molecule has 0 heterocycles. The molecule has 1 aromatic carbocycles. The number of halogens is 2. The third kappa shape index (κ3) is 5.01. The van der Waals surface area contributed by atoms with Gasteiger partial charge in [-0.05, 0) is 37.5 Å². The maximum absolute atomic E-state index is 13.0. The van der Waals surface area contributed by atoms with Crippen molar-refractivity contribution in [2.24, 2.45) is 5.92 Å². The fourth-order valence-electron chi connectivity index (χ4n) is 1.93. The van der Waals surface area contributed by atoms with Crippen LogP contribution in [-0.2, 0) is 10.0 Å². The lowest BCUT2D eigenvalue weighted by atomic mass is 9.95. The molecule has 0 amide bonds. The molecule has 0 bridgehead atoms. The van der Waals surface area contributed by atoms with Gasteiger partial charge < -0.3 is 5.11 Å². The molecule has 0 fully saturated rings. The summed E-state index contributed by atoms with van der Waals surface area (Å²) in [6.45, 7) is 5.31. The zero-order valence-corrected chi connectivity index (χ0v) is 13.2. The van der Waals surface area contributed by atoms with E-state index in [9.17, 15) is 17.9 Å². The number of benzene rings is 1. The second-order valence-electron chi connectivity index (χ2n) is 5.50. The minimum atomic E-state index is -3.83. The summed E-state index contributed by atoms with van der Waals surface area (Å²) >= 11 is 5.56. The fourth-order valence-corrected chi connectivity index (χ4v) is 3.36. The first kappa shape index (κ1) is 17.4. The van der Waals surface area contributed by atoms with Gasteiger partial charge in [0.2, 0.25) is 10.0 Å². The van der Waals surface area contributed by atoms with Crippen molar-refractivity contribution in [3.8, 4) is 0 Å². The first-order chi connectivity index (χ1) is 9.03. The van der Waals surface area contributed by atoms with Crippen LogP contribution in [0.15, 0.2) is 23.1 Å². The normalized spacial score (nSPS) is 15.3. The van der Waals surface area contributed by atoms with Crippen molar-refractivity contribution in [1.82, 2.24) is 4.72 Å². The second kappa shape index (κ2) is 6.39. The van der Waals surface area contributed by atoms with Crippen molar-refractivity contribution in [3.05, 3.63) is 29.0 Å². The largest absolute Gasteiger partial charge is 0.389 e. The van der Waals surface area contributed by atoms with Crippen LogP contribution >= 0.6 is 11.6 Å². The van der Waals surface area contributed by atoms with E-state index in [2.05, 4.69) is 4.72 Å². The number of nitrogens with one attached hydrogen (secondary N) is 1.